The molecule has 2 aliphatic heterocycles. The Morgan fingerprint density at radius 3 is 2.66 bits per heavy atom. The molecule has 2 aliphatic rings. The lowest BCUT2D eigenvalue weighted by Gasteiger charge is -2.33. The van der Waals surface area contributed by atoms with Crippen molar-refractivity contribution in [2.24, 2.45) is 0 Å². The van der Waals surface area contributed by atoms with Gasteiger partial charge in [0.1, 0.15) is 35.4 Å². The molecule has 5 heterocycles. The van der Waals surface area contributed by atoms with Gasteiger partial charge in [-0.2, -0.15) is 18.3 Å². The maximum Gasteiger partial charge on any atom is 0.401 e. The Bertz CT molecular complexity index is 2130. The van der Waals surface area contributed by atoms with Crippen LogP contribution in [0.3, 0.4) is 0 Å². The molecular formula is C36H32F5N5O3S. The average molecular weight is 710 g/mol. The molecule has 14 heteroatoms. The second kappa shape index (κ2) is 13.2. The molecule has 0 radical (unpaired) electrons. The number of rotatable bonds is 8. The normalized spacial score (nSPS) is 16.4. The third kappa shape index (κ3) is 6.27. The summed E-state index contributed by atoms with van der Waals surface area (Å²) in [6.07, 6.45) is -2.59. The zero-order valence-electron chi connectivity index (χ0n) is 26.9. The van der Waals surface area contributed by atoms with Crippen LogP contribution >= 0.6 is 11.3 Å². The molecule has 50 heavy (non-hydrogen) atoms. The van der Waals surface area contributed by atoms with Crippen molar-refractivity contribution in [3.63, 3.8) is 0 Å². The van der Waals surface area contributed by atoms with Crippen LogP contribution < -0.4 is 4.74 Å². The Morgan fingerprint density at radius 2 is 1.90 bits per heavy atom. The lowest BCUT2D eigenvalue weighted by molar-refractivity contribution is -0.147. The second-order valence-corrected chi connectivity index (χ2v) is 13.2. The van der Waals surface area contributed by atoms with Crippen LogP contribution in [-0.4, -0.2) is 74.6 Å². The quantitative estimate of drug-likeness (QED) is 0.136. The highest BCUT2D eigenvalue weighted by atomic mass is 32.1. The number of hydrogen-bond donors (Lipinski definition) is 1. The SMILES string of the molecule is C=CC(=O)N1CCn2nc(-c3nc(-c4ccc5c(c4)CN(CC(F)(F)F)CC5)c4ccsc4c3-c3c(F)cc(F)cc3OCCO)cc2[C@H]1C. The number of nitrogens with zero attached hydrogens (tertiary/aromatic N) is 5. The van der Waals surface area contributed by atoms with Gasteiger partial charge >= 0.3 is 6.18 Å². The van der Waals surface area contributed by atoms with Gasteiger partial charge in [0.15, 0.2) is 0 Å². The fourth-order valence-electron chi connectivity index (χ4n) is 6.91. The molecule has 7 rings (SSSR count). The van der Waals surface area contributed by atoms with Gasteiger partial charge in [-0.3, -0.25) is 14.4 Å². The van der Waals surface area contributed by atoms with Crippen molar-refractivity contribution in [3.05, 3.63) is 89.0 Å². The third-order valence-electron chi connectivity index (χ3n) is 9.16. The van der Waals surface area contributed by atoms with Crippen LogP contribution in [0.25, 0.3) is 43.9 Å². The first-order valence-corrected chi connectivity index (χ1v) is 16.9. The average Bonchev–Trinajstić information content (AvgIpc) is 3.74. The van der Waals surface area contributed by atoms with E-state index in [0.29, 0.717) is 58.7 Å². The predicted molar refractivity (Wildman–Crippen MR) is 180 cm³/mol. The highest BCUT2D eigenvalue weighted by Gasteiger charge is 2.34. The maximum absolute atomic E-state index is 16.0. The van der Waals surface area contributed by atoms with Crippen LogP contribution in [0, 0.1) is 11.6 Å². The molecule has 5 aromatic rings. The van der Waals surface area contributed by atoms with E-state index in [1.54, 1.807) is 15.6 Å². The molecule has 0 saturated carbocycles. The summed E-state index contributed by atoms with van der Waals surface area (Å²) in [5.41, 5.74) is 4.49. The van der Waals surface area contributed by atoms with E-state index in [4.69, 9.17) is 14.8 Å². The number of amides is 1. The number of fused-ring (bicyclic) bond motifs is 3. The van der Waals surface area contributed by atoms with Gasteiger partial charge in [-0.25, -0.2) is 13.8 Å². The number of carbonyl (C=O) groups excluding carboxylic acids is 1. The summed E-state index contributed by atoms with van der Waals surface area (Å²) >= 11 is 1.31. The third-order valence-corrected chi connectivity index (χ3v) is 10.1. The number of thiophene rings is 1. The van der Waals surface area contributed by atoms with Gasteiger partial charge in [-0.1, -0.05) is 18.7 Å². The Balaban J connectivity index is 1.44. The molecule has 2 aromatic carbocycles. The van der Waals surface area contributed by atoms with Crippen LogP contribution in [0.2, 0.25) is 0 Å². The Kier molecular flexibility index (Phi) is 8.95. The molecule has 0 unspecified atom stereocenters. The molecule has 1 amide bonds. The van der Waals surface area contributed by atoms with E-state index in [2.05, 4.69) is 6.58 Å². The van der Waals surface area contributed by atoms with Gasteiger partial charge in [0.05, 0.1) is 42.7 Å². The minimum atomic E-state index is -4.32. The number of aliphatic hydroxyl groups excluding tert-OH is 1. The van der Waals surface area contributed by atoms with Crippen molar-refractivity contribution in [1.29, 1.82) is 0 Å². The van der Waals surface area contributed by atoms with Gasteiger partial charge in [0, 0.05) is 53.0 Å². The topological polar surface area (TPSA) is 83.7 Å². The molecule has 8 nitrogen and oxygen atoms in total. The first-order chi connectivity index (χ1) is 24.0. The van der Waals surface area contributed by atoms with Gasteiger partial charge in [-0.05, 0) is 54.1 Å². The number of benzene rings is 2. The lowest BCUT2D eigenvalue weighted by atomic mass is 9.93. The Labute approximate surface area is 288 Å². The van der Waals surface area contributed by atoms with E-state index in [1.807, 2.05) is 36.6 Å². The fourth-order valence-corrected chi connectivity index (χ4v) is 7.86. The van der Waals surface area contributed by atoms with Gasteiger partial charge < -0.3 is 14.7 Å². The Hall–Kier alpha value is -4.66. The standard InChI is InChI=1S/C36H32F5N5O3S/c1-3-30(48)45-9-10-46-28(20(45)2)17-27(43-46)34-32(31-26(38)15-24(37)16-29(31)49-12-11-47)35-25(7-13-50-35)33(42-34)22-5-4-21-6-8-44(18-23(21)14-22)19-36(39,40)41/h3-5,7,13-17,20,47H,1,6,8-12,18-19H2,2H3/t20-/m1/s1. The first kappa shape index (κ1) is 33.8. The van der Waals surface area contributed by atoms with E-state index in [0.717, 1.165) is 29.0 Å². The molecule has 260 valence electrons. The van der Waals surface area contributed by atoms with Crippen LogP contribution in [0.4, 0.5) is 22.0 Å². The van der Waals surface area contributed by atoms with Gasteiger partial charge in [0.2, 0.25) is 5.91 Å². The summed E-state index contributed by atoms with van der Waals surface area (Å²) < 4.78 is 78.5. The number of aliphatic hydroxyl groups is 1. The molecule has 0 aliphatic carbocycles. The zero-order chi connectivity index (χ0) is 35.3. The molecule has 0 saturated heterocycles. The van der Waals surface area contributed by atoms with Crippen molar-refractivity contribution in [3.8, 4) is 39.5 Å². The monoisotopic (exact) mass is 709 g/mol. The lowest BCUT2D eigenvalue weighted by Crippen LogP contribution is -2.40. The molecule has 0 fully saturated rings. The van der Waals surface area contributed by atoms with E-state index in [-0.39, 0.29) is 48.7 Å². The van der Waals surface area contributed by atoms with Crippen LogP contribution in [0.1, 0.15) is 29.8 Å². The second-order valence-electron chi connectivity index (χ2n) is 12.3. The van der Waals surface area contributed by atoms with Crippen molar-refractivity contribution in [2.75, 3.05) is 32.8 Å². The van der Waals surface area contributed by atoms with Crippen molar-refractivity contribution in [1.82, 2.24) is 24.6 Å². The van der Waals surface area contributed by atoms with E-state index >= 15 is 4.39 Å². The number of hydrogen-bond acceptors (Lipinski definition) is 7. The first-order valence-electron chi connectivity index (χ1n) is 16.0. The van der Waals surface area contributed by atoms with Crippen LogP contribution in [-0.2, 0) is 24.3 Å². The van der Waals surface area contributed by atoms with Crippen LogP contribution in [0.5, 0.6) is 5.75 Å². The number of alkyl halides is 3. The summed E-state index contributed by atoms with van der Waals surface area (Å²) in [6.45, 7) is 5.07. The number of aromatic nitrogens is 3. The minimum Gasteiger partial charge on any atom is -0.490 e. The van der Waals surface area contributed by atoms with E-state index < -0.39 is 24.4 Å². The molecule has 1 N–H and O–H groups in total. The number of ether oxygens (including phenoxy) is 1. The number of carbonyl (C=O) groups is 1. The van der Waals surface area contributed by atoms with Crippen molar-refractivity contribution >= 4 is 27.3 Å². The molecule has 3 aromatic heterocycles. The molecular weight excluding hydrogens is 677 g/mol. The fraction of sp³-hybridized carbons (Fsp3) is 0.306. The summed E-state index contributed by atoms with van der Waals surface area (Å²) in [5.74, 6) is -2.12. The minimum absolute atomic E-state index is 0.0583. The Morgan fingerprint density at radius 1 is 1.08 bits per heavy atom. The van der Waals surface area contributed by atoms with Crippen molar-refractivity contribution < 1.29 is 36.6 Å². The van der Waals surface area contributed by atoms with Gasteiger partial charge in [-0.15, -0.1) is 11.3 Å². The van der Waals surface area contributed by atoms with E-state index in [9.17, 15) is 27.5 Å². The summed E-state index contributed by atoms with van der Waals surface area (Å²) in [4.78, 5) is 20.8. The summed E-state index contributed by atoms with van der Waals surface area (Å²) in [6, 6.07) is 10.7. The van der Waals surface area contributed by atoms with Crippen molar-refractivity contribution in [2.45, 2.75) is 38.7 Å². The number of halogens is 5. The smallest absolute Gasteiger partial charge is 0.401 e. The van der Waals surface area contributed by atoms with Crippen LogP contribution in [0.15, 0.2) is 60.5 Å². The predicted octanol–water partition coefficient (Wildman–Crippen LogP) is 7.15. The summed E-state index contributed by atoms with van der Waals surface area (Å²) in [7, 11) is 0. The zero-order valence-corrected chi connectivity index (χ0v) is 27.8. The molecule has 1 atom stereocenters. The summed E-state index contributed by atoms with van der Waals surface area (Å²) in [5, 5.41) is 16.8. The number of pyridine rings is 1. The van der Waals surface area contributed by atoms with Gasteiger partial charge in [0.25, 0.3) is 0 Å². The largest absolute Gasteiger partial charge is 0.490 e. The molecule has 0 spiro atoms. The highest BCUT2D eigenvalue weighted by molar-refractivity contribution is 7.18. The molecule has 0 bridgehead atoms. The maximum atomic E-state index is 16.0. The highest BCUT2D eigenvalue weighted by Crippen LogP contribution is 2.47. The van der Waals surface area contributed by atoms with E-state index in [1.165, 1.54) is 22.3 Å².